The Hall–Kier alpha value is -2.35. The van der Waals surface area contributed by atoms with Gasteiger partial charge >= 0.3 is 0 Å². The Morgan fingerprint density at radius 3 is 3.00 bits per heavy atom. The summed E-state index contributed by atoms with van der Waals surface area (Å²) >= 11 is 0. The molecule has 0 unspecified atom stereocenters. The molecule has 0 fully saturated rings. The van der Waals surface area contributed by atoms with E-state index in [4.69, 9.17) is 10.00 Å². The van der Waals surface area contributed by atoms with Gasteiger partial charge in [-0.1, -0.05) is 13.0 Å². The summed E-state index contributed by atoms with van der Waals surface area (Å²) < 4.78 is 20.9. The van der Waals surface area contributed by atoms with E-state index in [9.17, 15) is 4.39 Å². The molecule has 1 aromatic carbocycles. The molecule has 5 heteroatoms. The normalized spacial score (nSPS) is 10.2. The first-order valence-electron chi connectivity index (χ1n) is 6.06. The molecule has 0 spiro atoms. The molecular formula is C14H14FN3O. The zero-order valence-electron chi connectivity index (χ0n) is 10.6. The monoisotopic (exact) mass is 259 g/mol. The van der Waals surface area contributed by atoms with Crippen LogP contribution in [-0.4, -0.2) is 9.78 Å². The second kappa shape index (κ2) is 6.01. The van der Waals surface area contributed by atoms with Gasteiger partial charge in [-0.25, -0.2) is 4.39 Å². The molecule has 1 aromatic heterocycles. The highest BCUT2D eigenvalue weighted by molar-refractivity contribution is 5.32. The first-order valence-corrected chi connectivity index (χ1v) is 6.06. The van der Waals surface area contributed by atoms with Gasteiger partial charge < -0.3 is 4.74 Å². The maximum Gasteiger partial charge on any atom is 0.157 e. The van der Waals surface area contributed by atoms with Gasteiger partial charge in [0.25, 0.3) is 0 Å². The summed E-state index contributed by atoms with van der Waals surface area (Å²) in [4.78, 5) is 0. The van der Waals surface area contributed by atoms with Gasteiger partial charge in [-0.3, -0.25) is 4.68 Å². The number of aryl methyl sites for hydroxylation is 1. The van der Waals surface area contributed by atoms with Gasteiger partial charge in [0, 0.05) is 12.1 Å². The molecule has 0 saturated heterocycles. The van der Waals surface area contributed by atoms with Crippen LogP contribution in [0.4, 0.5) is 4.39 Å². The van der Waals surface area contributed by atoms with Crippen LogP contribution in [0.3, 0.4) is 0 Å². The topological polar surface area (TPSA) is 50.8 Å². The largest absolute Gasteiger partial charge is 0.486 e. The summed E-state index contributed by atoms with van der Waals surface area (Å²) in [6.45, 7) is 3.01. The Morgan fingerprint density at radius 1 is 1.47 bits per heavy atom. The van der Waals surface area contributed by atoms with Crippen molar-refractivity contribution in [3.63, 3.8) is 0 Å². The van der Waals surface area contributed by atoms with Crippen LogP contribution in [0, 0.1) is 17.1 Å². The fraction of sp³-hybridized carbons (Fsp3) is 0.286. The molecule has 19 heavy (non-hydrogen) atoms. The van der Waals surface area contributed by atoms with Gasteiger partial charge in [0.2, 0.25) is 0 Å². The molecule has 98 valence electrons. The molecule has 0 N–H and O–H groups in total. The minimum Gasteiger partial charge on any atom is -0.486 e. The van der Waals surface area contributed by atoms with Gasteiger partial charge in [-0.05, 0) is 18.6 Å². The number of halogens is 1. The standard InChI is InChI=1S/C14H14FN3O/c1-2-5-18-9-13(8-17-18)19-10-12-4-3-11(7-16)6-14(12)15/h3-4,6,8-9H,2,5,10H2,1H3. The molecular weight excluding hydrogens is 245 g/mol. The highest BCUT2D eigenvalue weighted by atomic mass is 19.1. The van der Waals surface area contributed by atoms with E-state index in [1.807, 2.05) is 6.07 Å². The Balaban J connectivity index is 2.00. The minimum atomic E-state index is -0.431. The number of ether oxygens (including phenoxy) is 1. The van der Waals surface area contributed by atoms with Crippen LogP contribution < -0.4 is 4.74 Å². The van der Waals surface area contributed by atoms with E-state index in [0.29, 0.717) is 16.9 Å². The minimum absolute atomic E-state index is 0.120. The zero-order valence-corrected chi connectivity index (χ0v) is 10.6. The molecule has 0 aliphatic heterocycles. The average Bonchev–Trinajstić information content (AvgIpc) is 2.85. The van der Waals surface area contributed by atoms with Crippen molar-refractivity contribution < 1.29 is 9.13 Å². The second-order valence-corrected chi connectivity index (χ2v) is 4.15. The number of nitriles is 1. The molecule has 2 rings (SSSR count). The maximum atomic E-state index is 13.6. The fourth-order valence-electron chi connectivity index (χ4n) is 1.67. The number of rotatable bonds is 5. The molecule has 0 aliphatic rings. The van der Waals surface area contributed by atoms with Crippen LogP contribution >= 0.6 is 0 Å². The Morgan fingerprint density at radius 2 is 2.32 bits per heavy atom. The van der Waals surface area contributed by atoms with E-state index < -0.39 is 5.82 Å². The summed E-state index contributed by atoms with van der Waals surface area (Å²) in [6, 6.07) is 6.23. The molecule has 0 saturated carbocycles. The molecule has 0 atom stereocenters. The number of hydrogen-bond acceptors (Lipinski definition) is 3. The highest BCUT2D eigenvalue weighted by Gasteiger charge is 2.05. The van der Waals surface area contributed by atoms with E-state index in [1.165, 1.54) is 6.07 Å². The molecule has 0 bridgehead atoms. The van der Waals surface area contributed by atoms with Gasteiger partial charge in [-0.15, -0.1) is 0 Å². The van der Waals surface area contributed by atoms with Crippen LogP contribution in [-0.2, 0) is 13.2 Å². The van der Waals surface area contributed by atoms with Crippen molar-refractivity contribution in [3.05, 3.63) is 47.5 Å². The van der Waals surface area contributed by atoms with Crippen molar-refractivity contribution in [1.29, 1.82) is 5.26 Å². The van der Waals surface area contributed by atoms with Crippen LogP contribution in [0.25, 0.3) is 0 Å². The van der Waals surface area contributed by atoms with E-state index in [1.54, 1.807) is 29.2 Å². The smallest absolute Gasteiger partial charge is 0.157 e. The lowest BCUT2D eigenvalue weighted by atomic mass is 10.1. The Kier molecular flexibility index (Phi) is 4.14. The van der Waals surface area contributed by atoms with E-state index in [2.05, 4.69) is 12.0 Å². The number of aromatic nitrogens is 2. The second-order valence-electron chi connectivity index (χ2n) is 4.15. The predicted octanol–water partition coefficient (Wildman–Crippen LogP) is 2.88. The fourth-order valence-corrected chi connectivity index (χ4v) is 1.67. The van der Waals surface area contributed by atoms with Gasteiger partial charge in [0.05, 0.1) is 24.0 Å². The zero-order chi connectivity index (χ0) is 13.7. The third-order valence-electron chi connectivity index (χ3n) is 2.64. The number of nitrogens with zero attached hydrogens (tertiary/aromatic N) is 3. The summed E-state index contributed by atoms with van der Waals surface area (Å²) in [5.74, 6) is 0.178. The third kappa shape index (κ3) is 3.32. The lowest BCUT2D eigenvalue weighted by Gasteiger charge is -2.05. The molecule has 0 amide bonds. The summed E-state index contributed by atoms with van der Waals surface area (Å²) in [5, 5.41) is 12.8. The van der Waals surface area contributed by atoms with Crippen LogP contribution in [0.2, 0.25) is 0 Å². The lowest BCUT2D eigenvalue weighted by molar-refractivity contribution is 0.299. The number of benzene rings is 1. The van der Waals surface area contributed by atoms with Crippen LogP contribution in [0.1, 0.15) is 24.5 Å². The molecule has 1 heterocycles. The third-order valence-corrected chi connectivity index (χ3v) is 2.64. The van der Waals surface area contributed by atoms with Crippen molar-refractivity contribution in [2.75, 3.05) is 0 Å². The molecule has 2 aromatic rings. The SMILES string of the molecule is CCCn1cc(OCc2ccc(C#N)cc2F)cn1. The predicted molar refractivity (Wildman–Crippen MR) is 68.0 cm³/mol. The first-order chi connectivity index (χ1) is 9.22. The van der Waals surface area contributed by atoms with Crippen molar-refractivity contribution in [2.24, 2.45) is 0 Å². The van der Waals surface area contributed by atoms with Crippen molar-refractivity contribution >= 4 is 0 Å². The van der Waals surface area contributed by atoms with Gasteiger partial charge in [0.15, 0.2) is 5.75 Å². The van der Waals surface area contributed by atoms with E-state index in [0.717, 1.165) is 13.0 Å². The van der Waals surface area contributed by atoms with E-state index in [-0.39, 0.29) is 6.61 Å². The van der Waals surface area contributed by atoms with Gasteiger partial charge in [0.1, 0.15) is 12.4 Å². The summed E-state index contributed by atoms with van der Waals surface area (Å²) in [6.07, 6.45) is 4.38. The summed E-state index contributed by atoms with van der Waals surface area (Å²) in [7, 11) is 0. The van der Waals surface area contributed by atoms with Crippen LogP contribution in [0.5, 0.6) is 5.75 Å². The molecule has 0 aliphatic carbocycles. The van der Waals surface area contributed by atoms with Gasteiger partial charge in [-0.2, -0.15) is 10.4 Å². The highest BCUT2D eigenvalue weighted by Crippen LogP contribution is 2.15. The molecule has 4 nitrogen and oxygen atoms in total. The number of hydrogen-bond donors (Lipinski definition) is 0. The van der Waals surface area contributed by atoms with Crippen molar-refractivity contribution in [1.82, 2.24) is 9.78 Å². The Labute approximate surface area is 111 Å². The Bertz CT molecular complexity index is 601. The first kappa shape index (κ1) is 13.1. The van der Waals surface area contributed by atoms with Crippen molar-refractivity contribution in [3.8, 4) is 11.8 Å². The maximum absolute atomic E-state index is 13.6. The quantitative estimate of drug-likeness (QED) is 0.829. The van der Waals surface area contributed by atoms with E-state index >= 15 is 0 Å². The summed E-state index contributed by atoms with van der Waals surface area (Å²) in [5.41, 5.74) is 0.722. The van der Waals surface area contributed by atoms with Crippen LogP contribution in [0.15, 0.2) is 30.6 Å². The van der Waals surface area contributed by atoms with Crippen molar-refractivity contribution in [2.45, 2.75) is 26.5 Å². The average molecular weight is 259 g/mol. The molecule has 0 radical (unpaired) electrons. The lowest BCUT2D eigenvalue weighted by Crippen LogP contribution is -1.99.